The van der Waals surface area contributed by atoms with Gasteiger partial charge >= 0.3 is 0 Å². The number of rotatable bonds is 5. The Morgan fingerprint density at radius 3 is 2.95 bits per heavy atom. The number of benzene rings is 1. The van der Waals surface area contributed by atoms with Gasteiger partial charge in [-0.3, -0.25) is 0 Å². The minimum absolute atomic E-state index is 0.215. The van der Waals surface area contributed by atoms with Crippen LogP contribution in [0.4, 0.5) is 0 Å². The quantitative estimate of drug-likeness (QED) is 0.859. The van der Waals surface area contributed by atoms with Crippen molar-refractivity contribution in [1.82, 2.24) is 5.32 Å². The molecule has 0 saturated carbocycles. The highest BCUT2D eigenvalue weighted by molar-refractivity contribution is 7.16. The second-order valence-corrected chi connectivity index (χ2v) is 7.14. The normalized spacial score (nSPS) is 14.8. The van der Waals surface area contributed by atoms with Crippen molar-refractivity contribution in [3.8, 4) is 5.75 Å². The number of hydrogen-bond donors (Lipinski definition) is 1. The van der Waals surface area contributed by atoms with Gasteiger partial charge in [0.1, 0.15) is 5.75 Å². The van der Waals surface area contributed by atoms with E-state index in [9.17, 15) is 0 Å². The van der Waals surface area contributed by atoms with Gasteiger partial charge in [-0.2, -0.15) is 0 Å². The van der Waals surface area contributed by atoms with Gasteiger partial charge in [0.2, 0.25) is 0 Å². The van der Waals surface area contributed by atoms with E-state index < -0.39 is 0 Å². The van der Waals surface area contributed by atoms with Gasteiger partial charge in [-0.25, -0.2) is 0 Å². The predicted molar refractivity (Wildman–Crippen MR) is 89.8 cm³/mol. The summed E-state index contributed by atoms with van der Waals surface area (Å²) in [5, 5.41) is 3.64. The fourth-order valence-electron chi connectivity index (χ4n) is 2.68. The summed E-state index contributed by atoms with van der Waals surface area (Å²) in [6, 6.07) is 8.95. The van der Waals surface area contributed by atoms with Crippen LogP contribution in [0.3, 0.4) is 0 Å². The first-order chi connectivity index (χ1) is 10.2. The van der Waals surface area contributed by atoms with E-state index in [1.807, 2.05) is 0 Å². The van der Waals surface area contributed by atoms with Crippen LogP contribution >= 0.6 is 22.9 Å². The molecule has 0 radical (unpaired) electrons. The second kappa shape index (κ2) is 6.39. The number of fused-ring (bicyclic) bond motifs is 1. The molecule has 0 bridgehead atoms. The van der Waals surface area contributed by atoms with Gasteiger partial charge in [0.25, 0.3) is 0 Å². The topological polar surface area (TPSA) is 21.3 Å². The van der Waals surface area contributed by atoms with E-state index >= 15 is 0 Å². The third-order valence-corrected chi connectivity index (χ3v) is 5.43. The van der Waals surface area contributed by atoms with Gasteiger partial charge in [-0.05, 0) is 48.7 Å². The van der Waals surface area contributed by atoms with Crippen LogP contribution in [-0.2, 0) is 6.42 Å². The Morgan fingerprint density at radius 1 is 1.38 bits per heavy atom. The smallest absolute Gasteiger partial charge is 0.122 e. The van der Waals surface area contributed by atoms with Crippen LogP contribution in [0.25, 0.3) is 0 Å². The van der Waals surface area contributed by atoms with E-state index in [1.54, 1.807) is 11.3 Å². The number of halogens is 1. The molecule has 0 aliphatic carbocycles. The Balaban J connectivity index is 1.95. The van der Waals surface area contributed by atoms with Gasteiger partial charge in [0, 0.05) is 11.3 Å². The van der Waals surface area contributed by atoms with Gasteiger partial charge in [0.05, 0.1) is 17.0 Å². The molecule has 1 aliphatic rings. The molecule has 21 heavy (non-hydrogen) atoms. The van der Waals surface area contributed by atoms with Crippen LogP contribution in [-0.4, -0.2) is 13.2 Å². The standard InChI is InChI=1S/C17H20ClNOS/c1-3-7-19-16(15-9-11(2)17(18)21-15)13-4-5-14-12(10-13)6-8-20-14/h4-5,9-10,16,19H,3,6-8H2,1-2H3. The Labute approximate surface area is 135 Å². The molecule has 1 atom stereocenters. The molecule has 0 amide bonds. The van der Waals surface area contributed by atoms with Crippen LogP contribution < -0.4 is 10.1 Å². The van der Waals surface area contributed by atoms with E-state index in [0.717, 1.165) is 41.6 Å². The first-order valence-corrected chi connectivity index (χ1v) is 8.63. The number of thiophene rings is 1. The molecule has 1 aliphatic heterocycles. The molecular formula is C17H20ClNOS. The average molecular weight is 322 g/mol. The third kappa shape index (κ3) is 3.10. The van der Waals surface area contributed by atoms with Crippen molar-refractivity contribution in [3.05, 3.63) is 50.2 Å². The maximum atomic E-state index is 6.26. The summed E-state index contributed by atoms with van der Waals surface area (Å²) in [6.07, 6.45) is 2.12. The minimum Gasteiger partial charge on any atom is -0.493 e. The van der Waals surface area contributed by atoms with E-state index in [0.29, 0.717) is 0 Å². The zero-order chi connectivity index (χ0) is 14.8. The highest BCUT2D eigenvalue weighted by Crippen LogP contribution is 2.36. The van der Waals surface area contributed by atoms with Crippen LogP contribution in [0.2, 0.25) is 4.34 Å². The number of hydrogen-bond acceptors (Lipinski definition) is 3. The highest BCUT2D eigenvalue weighted by atomic mass is 35.5. The van der Waals surface area contributed by atoms with Gasteiger partial charge < -0.3 is 10.1 Å². The molecule has 1 aromatic carbocycles. The summed E-state index contributed by atoms with van der Waals surface area (Å²) in [5.41, 5.74) is 3.77. The van der Waals surface area contributed by atoms with E-state index in [2.05, 4.69) is 43.4 Å². The first kappa shape index (κ1) is 14.9. The lowest BCUT2D eigenvalue weighted by atomic mass is 10.0. The summed E-state index contributed by atoms with van der Waals surface area (Å²) >= 11 is 7.93. The highest BCUT2D eigenvalue weighted by Gasteiger charge is 2.20. The first-order valence-electron chi connectivity index (χ1n) is 7.44. The van der Waals surface area contributed by atoms with Crippen molar-refractivity contribution in [2.24, 2.45) is 0 Å². The van der Waals surface area contributed by atoms with Gasteiger partial charge in [0.15, 0.2) is 0 Å². The Kier molecular flexibility index (Phi) is 4.53. The lowest BCUT2D eigenvalue weighted by molar-refractivity contribution is 0.357. The molecule has 3 rings (SSSR count). The molecule has 0 saturated heterocycles. The number of nitrogens with one attached hydrogen (secondary N) is 1. The van der Waals surface area contributed by atoms with Gasteiger partial charge in [-0.15, -0.1) is 11.3 Å². The summed E-state index contributed by atoms with van der Waals surface area (Å²) < 4.78 is 6.49. The van der Waals surface area contributed by atoms with Crippen LogP contribution in [0.15, 0.2) is 24.3 Å². The molecular weight excluding hydrogens is 302 g/mol. The molecule has 2 heterocycles. The van der Waals surface area contributed by atoms with Crippen molar-refractivity contribution in [3.63, 3.8) is 0 Å². The summed E-state index contributed by atoms with van der Waals surface area (Å²) in [7, 11) is 0. The van der Waals surface area contributed by atoms with E-state index in [1.165, 1.54) is 16.0 Å². The Bertz CT molecular complexity index is 618. The predicted octanol–water partition coefficient (Wildman–Crippen LogP) is 4.73. The van der Waals surface area contributed by atoms with E-state index in [4.69, 9.17) is 16.3 Å². The maximum Gasteiger partial charge on any atom is 0.122 e. The monoisotopic (exact) mass is 321 g/mol. The maximum absolute atomic E-state index is 6.26. The number of ether oxygens (including phenoxy) is 1. The zero-order valence-corrected chi connectivity index (χ0v) is 14.0. The van der Waals surface area contributed by atoms with Crippen molar-refractivity contribution in [2.45, 2.75) is 32.7 Å². The van der Waals surface area contributed by atoms with Crippen molar-refractivity contribution in [2.75, 3.05) is 13.2 Å². The zero-order valence-electron chi connectivity index (χ0n) is 12.4. The molecule has 4 heteroatoms. The fourth-order valence-corrected chi connectivity index (χ4v) is 4.00. The summed E-state index contributed by atoms with van der Waals surface area (Å²) in [5.74, 6) is 1.04. The lowest BCUT2D eigenvalue weighted by Gasteiger charge is -2.18. The molecule has 2 nitrogen and oxygen atoms in total. The molecule has 2 aromatic rings. The molecule has 1 unspecified atom stereocenters. The molecule has 0 spiro atoms. The van der Waals surface area contributed by atoms with Crippen molar-refractivity contribution >= 4 is 22.9 Å². The lowest BCUT2D eigenvalue weighted by Crippen LogP contribution is -2.22. The second-order valence-electron chi connectivity index (χ2n) is 5.46. The summed E-state index contributed by atoms with van der Waals surface area (Å²) in [4.78, 5) is 1.28. The molecule has 0 fully saturated rings. The molecule has 112 valence electrons. The Hall–Kier alpha value is -1.03. The van der Waals surface area contributed by atoms with Crippen LogP contribution in [0, 0.1) is 6.92 Å². The van der Waals surface area contributed by atoms with Crippen LogP contribution in [0.1, 0.15) is 41.0 Å². The van der Waals surface area contributed by atoms with Crippen molar-refractivity contribution in [1.29, 1.82) is 0 Å². The molecule has 1 N–H and O–H groups in total. The van der Waals surface area contributed by atoms with Crippen molar-refractivity contribution < 1.29 is 4.74 Å². The van der Waals surface area contributed by atoms with Gasteiger partial charge in [-0.1, -0.05) is 30.7 Å². The molecule has 1 aromatic heterocycles. The summed E-state index contributed by atoms with van der Waals surface area (Å²) in [6.45, 7) is 6.05. The number of aryl methyl sites for hydroxylation is 1. The van der Waals surface area contributed by atoms with Crippen LogP contribution in [0.5, 0.6) is 5.75 Å². The largest absolute Gasteiger partial charge is 0.493 e. The minimum atomic E-state index is 0.215. The third-order valence-electron chi connectivity index (χ3n) is 3.81. The Morgan fingerprint density at radius 2 is 2.24 bits per heavy atom. The van der Waals surface area contributed by atoms with E-state index in [-0.39, 0.29) is 6.04 Å². The average Bonchev–Trinajstić information content (AvgIpc) is 3.06. The SMILES string of the molecule is CCCNC(c1ccc2c(c1)CCO2)c1cc(C)c(Cl)s1. The fraction of sp³-hybridized carbons (Fsp3) is 0.412.